The lowest BCUT2D eigenvalue weighted by Crippen LogP contribution is -2.44. The van der Waals surface area contributed by atoms with Crippen molar-refractivity contribution in [2.45, 2.75) is 37.9 Å². The topological polar surface area (TPSA) is 134 Å². The third-order valence-corrected chi connectivity index (χ3v) is 6.95. The van der Waals surface area contributed by atoms with E-state index >= 15 is 0 Å². The predicted octanol–water partition coefficient (Wildman–Crippen LogP) is 3.78. The van der Waals surface area contributed by atoms with Crippen LogP contribution in [0.25, 0.3) is 0 Å². The van der Waals surface area contributed by atoms with Crippen molar-refractivity contribution in [3.05, 3.63) is 34.5 Å². The zero-order valence-corrected chi connectivity index (χ0v) is 21.9. The minimum absolute atomic E-state index is 0.0721. The molecule has 0 bridgehead atoms. The van der Waals surface area contributed by atoms with E-state index in [0.717, 1.165) is 19.1 Å². The first-order valence-corrected chi connectivity index (χ1v) is 13.6. The number of methoxy groups -OCH3 is 1. The predicted molar refractivity (Wildman–Crippen MR) is 134 cm³/mol. The maximum atomic E-state index is 13.7. The van der Waals surface area contributed by atoms with Gasteiger partial charge in [-0.05, 0) is 30.9 Å². The van der Waals surface area contributed by atoms with Crippen LogP contribution in [0.2, 0.25) is 5.02 Å². The smallest absolute Gasteiger partial charge is 0.421 e. The van der Waals surface area contributed by atoms with Gasteiger partial charge in [0.05, 0.1) is 29.6 Å². The van der Waals surface area contributed by atoms with Crippen LogP contribution in [-0.4, -0.2) is 57.3 Å². The van der Waals surface area contributed by atoms with Gasteiger partial charge in [-0.25, -0.2) is 18.1 Å². The number of hydrogen-bond acceptors (Lipinski definition) is 8. The Hall–Kier alpha value is -2.84. The minimum Gasteiger partial charge on any atom is -0.495 e. The Morgan fingerprint density at radius 3 is 2.57 bits per heavy atom. The molecule has 1 aromatic carbocycles. The van der Waals surface area contributed by atoms with Crippen LogP contribution in [0.5, 0.6) is 5.75 Å². The maximum Gasteiger partial charge on any atom is 0.421 e. The first-order valence-electron chi connectivity index (χ1n) is 11.3. The average molecular weight is 565 g/mol. The van der Waals surface area contributed by atoms with Crippen molar-refractivity contribution >= 4 is 45.0 Å². The third kappa shape index (κ3) is 7.58. The summed E-state index contributed by atoms with van der Waals surface area (Å²) in [7, 11) is -0.680. The van der Waals surface area contributed by atoms with Crippen molar-refractivity contribution in [3.63, 3.8) is 0 Å². The van der Waals surface area contributed by atoms with Gasteiger partial charge in [-0.3, -0.25) is 4.79 Å². The van der Waals surface area contributed by atoms with E-state index < -0.39 is 39.5 Å². The van der Waals surface area contributed by atoms with Crippen LogP contribution in [-0.2, 0) is 16.2 Å². The van der Waals surface area contributed by atoms with Crippen molar-refractivity contribution in [1.29, 1.82) is 0 Å². The summed E-state index contributed by atoms with van der Waals surface area (Å²) in [5.41, 5.74) is -0.691. The summed E-state index contributed by atoms with van der Waals surface area (Å²) in [5, 5.41) is 8.06. The molecule has 4 N–H and O–H groups in total. The quantitative estimate of drug-likeness (QED) is 0.361. The molecule has 15 heteroatoms. The van der Waals surface area contributed by atoms with Gasteiger partial charge >= 0.3 is 6.18 Å². The fourth-order valence-corrected chi connectivity index (χ4v) is 5.25. The van der Waals surface area contributed by atoms with E-state index in [1.807, 2.05) is 0 Å². The largest absolute Gasteiger partial charge is 0.495 e. The van der Waals surface area contributed by atoms with E-state index in [-0.39, 0.29) is 40.4 Å². The molecule has 10 nitrogen and oxygen atoms in total. The summed E-state index contributed by atoms with van der Waals surface area (Å²) in [4.78, 5) is 19.8. The summed E-state index contributed by atoms with van der Waals surface area (Å²) in [5.74, 6) is -1.11. The number of hydrogen-bond donors (Lipinski definition) is 4. The summed E-state index contributed by atoms with van der Waals surface area (Å²) in [6.45, 7) is 0.0721. The van der Waals surface area contributed by atoms with Crippen molar-refractivity contribution < 1.29 is 31.1 Å². The van der Waals surface area contributed by atoms with Crippen molar-refractivity contribution in [2.24, 2.45) is 5.92 Å². The molecule has 1 aliphatic carbocycles. The molecule has 0 unspecified atom stereocenters. The minimum atomic E-state index is -4.73. The Kier molecular flexibility index (Phi) is 9.08. The number of halogens is 4. The molecule has 0 radical (unpaired) electrons. The number of nitrogens with one attached hydrogen (secondary N) is 4. The van der Waals surface area contributed by atoms with Gasteiger partial charge in [0.2, 0.25) is 16.0 Å². The van der Waals surface area contributed by atoms with Gasteiger partial charge in [0.1, 0.15) is 17.1 Å². The standard InChI is InChI=1S/C22H28ClF3N6O4S/c1-27-20(33)13-8-18(36-2)17(9-15(13)23)30-21-29-11-14(22(24,25)26)19(31-21)28-10-12-6-4-5-7-16(12)32-37(3,34)35/h8-9,11-12,16,32H,4-7,10H2,1-3H3,(H,27,33)(H2,28,29,30,31)/t12-,16+/m0/s1. The summed E-state index contributed by atoms with van der Waals surface area (Å²) in [6.07, 6.45) is -0.130. The number of carbonyl (C=O) groups excluding carboxylic acids is 1. The fraction of sp³-hybridized carbons (Fsp3) is 0.500. The number of benzene rings is 1. The molecule has 3 rings (SSSR count). The monoisotopic (exact) mass is 564 g/mol. The van der Waals surface area contributed by atoms with Crippen molar-refractivity contribution in [2.75, 3.05) is 37.6 Å². The number of sulfonamides is 1. The number of alkyl halides is 3. The first kappa shape index (κ1) is 28.7. The van der Waals surface area contributed by atoms with Crippen LogP contribution in [0.1, 0.15) is 41.6 Å². The van der Waals surface area contributed by atoms with Gasteiger partial charge in [0, 0.05) is 25.8 Å². The lowest BCUT2D eigenvalue weighted by Gasteiger charge is -2.32. The lowest BCUT2D eigenvalue weighted by atomic mass is 9.85. The van der Waals surface area contributed by atoms with E-state index in [0.29, 0.717) is 19.0 Å². The van der Waals surface area contributed by atoms with E-state index in [9.17, 15) is 26.4 Å². The normalized spacial score (nSPS) is 18.2. The lowest BCUT2D eigenvalue weighted by molar-refractivity contribution is -0.137. The van der Waals surface area contributed by atoms with Gasteiger partial charge in [-0.2, -0.15) is 18.2 Å². The molecule has 2 aromatic rings. The SMILES string of the molecule is CNC(=O)c1cc(OC)c(Nc2ncc(C(F)(F)F)c(NC[C@@H]3CCCC[C@H]3NS(C)(=O)=O)n2)cc1Cl. The highest BCUT2D eigenvalue weighted by Crippen LogP contribution is 2.36. The summed E-state index contributed by atoms with van der Waals surface area (Å²) < 4.78 is 72.4. The number of ether oxygens (including phenoxy) is 1. The van der Waals surface area contributed by atoms with Gasteiger partial charge in [-0.15, -0.1) is 0 Å². The first-order chi connectivity index (χ1) is 17.3. The molecule has 0 spiro atoms. The number of carbonyl (C=O) groups is 1. The highest BCUT2D eigenvalue weighted by atomic mass is 35.5. The third-order valence-electron chi connectivity index (χ3n) is 5.91. The molecular weight excluding hydrogens is 537 g/mol. The highest BCUT2D eigenvalue weighted by Gasteiger charge is 2.36. The number of nitrogens with zero attached hydrogens (tertiary/aromatic N) is 2. The van der Waals surface area contributed by atoms with Gasteiger partial charge in [0.15, 0.2) is 0 Å². The molecule has 1 aromatic heterocycles. The number of amides is 1. The molecule has 37 heavy (non-hydrogen) atoms. The second-order valence-corrected chi connectivity index (χ2v) is 10.8. The molecule has 2 atom stereocenters. The van der Waals surface area contributed by atoms with E-state index in [2.05, 4.69) is 30.6 Å². The van der Waals surface area contributed by atoms with Gasteiger partial charge in [0.25, 0.3) is 5.91 Å². The van der Waals surface area contributed by atoms with E-state index in [4.69, 9.17) is 16.3 Å². The molecule has 1 amide bonds. The van der Waals surface area contributed by atoms with Crippen molar-refractivity contribution in [1.82, 2.24) is 20.0 Å². The van der Waals surface area contributed by atoms with Crippen LogP contribution in [0, 0.1) is 5.92 Å². The fourth-order valence-electron chi connectivity index (χ4n) is 4.14. The van der Waals surface area contributed by atoms with Crippen LogP contribution in [0.4, 0.5) is 30.6 Å². The molecule has 1 saturated carbocycles. The molecule has 204 valence electrons. The molecular formula is C22H28ClF3N6O4S. The number of aromatic nitrogens is 2. The van der Waals surface area contributed by atoms with Gasteiger partial charge < -0.3 is 20.7 Å². The molecule has 1 aliphatic rings. The van der Waals surface area contributed by atoms with Crippen LogP contribution in [0.15, 0.2) is 18.3 Å². The van der Waals surface area contributed by atoms with Crippen molar-refractivity contribution in [3.8, 4) is 5.75 Å². The van der Waals surface area contributed by atoms with Crippen LogP contribution >= 0.6 is 11.6 Å². The van der Waals surface area contributed by atoms with E-state index in [1.54, 1.807) is 0 Å². The second kappa shape index (κ2) is 11.7. The van der Waals surface area contributed by atoms with E-state index in [1.165, 1.54) is 26.3 Å². The highest BCUT2D eigenvalue weighted by molar-refractivity contribution is 7.88. The zero-order chi connectivity index (χ0) is 27.4. The Bertz CT molecular complexity index is 1250. The Morgan fingerprint density at radius 1 is 1.24 bits per heavy atom. The second-order valence-electron chi connectivity index (χ2n) is 8.61. The molecule has 0 aliphatic heterocycles. The summed E-state index contributed by atoms with van der Waals surface area (Å²) in [6, 6.07) is 2.36. The molecule has 1 fully saturated rings. The summed E-state index contributed by atoms with van der Waals surface area (Å²) >= 11 is 6.20. The zero-order valence-electron chi connectivity index (χ0n) is 20.4. The maximum absolute atomic E-state index is 13.7. The molecule has 1 heterocycles. The van der Waals surface area contributed by atoms with Crippen LogP contribution in [0.3, 0.4) is 0 Å². The van der Waals surface area contributed by atoms with Crippen LogP contribution < -0.4 is 25.4 Å². The molecule has 0 saturated heterocycles. The Labute approximate surface area is 217 Å². The van der Waals surface area contributed by atoms with Gasteiger partial charge in [-0.1, -0.05) is 24.4 Å². The number of rotatable bonds is 9. The Morgan fingerprint density at radius 2 is 1.95 bits per heavy atom. The average Bonchev–Trinajstić information content (AvgIpc) is 2.81. The Balaban J connectivity index is 1.88. The number of anilines is 3.